The predicted octanol–water partition coefficient (Wildman–Crippen LogP) is 3.80. The molecule has 0 aliphatic heterocycles. The fourth-order valence-electron chi connectivity index (χ4n) is 2.69. The summed E-state index contributed by atoms with van der Waals surface area (Å²) in [5.74, 6) is 0.457. The topological polar surface area (TPSA) is 62.7 Å². The van der Waals surface area contributed by atoms with E-state index in [1.807, 2.05) is 66.7 Å². The lowest BCUT2D eigenvalue weighted by atomic mass is 10.1. The van der Waals surface area contributed by atoms with E-state index in [0.717, 1.165) is 22.0 Å². The molecule has 1 atom stereocenters. The Kier molecular flexibility index (Phi) is 5.49. The molecule has 0 saturated heterocycles. The zero-order valence-electron chi connectivity index (χ0n) is 14.8. The van der Waals surface area contributed by atoms with Crippen LogP contribution >= 0.6 is 0 Å². The Balaban J connectivity index is 1.65. The minimum atomic E-state index is -0.462. The number of fused-ring (bicyclic) bond motifs is 1. The van der Waals surface area contributed by atoms with Gasteiger partial charge in [-0.1, -0.05) is 54.6 Å². The highest BCUT2D eigenvalue weighted by atomic mass is 16.5. The maximum Gasteiger partial charge on any atom is 0.262 e. The summed E-state index contributed by atoms with van der Waals surface area (Å²) in [6.45, 7) is 1.77. The van der Waals surface area contributed by atoms with Crippen molar-refractivity contribution in [2.24, 2.45) is 5.10 Å². The average molecular weight is 347 g/mol. The van der Waals surface area contributed by atoms with Crippen LogP contribution in [0.3, 0.4) is 0 Å². The summed E-state index contributed by atoms with van der Waals surface area (Å²) in [4.78, 5) is 12.3. The molecule has 132 valence electrons. The maximum absolute atomic E-state index is 12.3. The third-order valence-corrected chi connectivity index (χ3v) is 4.07. The van der Waals surface area contributed by atoms with Gasteiger partial charge in [0.15, 0.2) is 0 Å². The number of para-hydroxylation sites is 2. The van der Waals surface area contributed by atoms with E-state index >= 15 is 0 Å². The molecule has 1 unspecified atom stereocenters. The predicted molar refractivity (Wildman–Crippen MR) is 106 cm³/mol. The van der Waals surface area contributed by atoms with Gasteiger partial charge in [0.25, 0.3) is 5.91 Å². The molecule has 1 amide bonds. The van der Waals surface area contributed by atoms with Gasteiger partial charge in [0.1, 0.15) is 11.8 Å². The molecule has 0 heterocycles. The second kappa shape index (κ2) is 8.16. The summed E-state index contributed by atoms with van der Waals surface area (Å²) >= 11 is 0. The Morgan fingerprint density at radius 2 is 1.77 bits per heavy atom. The number of methoxy groups -OCH3 is 1. The van der Waals surface area contributed by atoms with E-state index in [1.54, 1.807) is 20.2 Å². The first-order chi connectivity index (χ1) is 12.7. The Bertz CT molecular complexity index is 932. The summed E-state index contributed by atoms with van der Waals surface area (Å²) in [7, 11) is 1.60. The second-order valence-electron chi connectivity index (χ2n) is 5.87. The molecule has 0 bridgehead atoms. The molecule has 3 aromatic carbocycles. The highest BCUT2D eigenvalue weighted by Crippen LogP contribution is 2.23. The summed E-state index contributed by atoms with van der Waals surface area (Å²) in [6, 6.07) is 21.0. The molecule has 0 saturated carbocycles. The first-order valence-corrected chi connectivity index (χ1v) is 8.39. The molecule has 3 aromatic rings. The molecule has 0 fully saturated rings. The van der Waals surface area contributed by atoms with Crippen molar-refractivity contribution < 1.29 is 9.53 Å². The number of nitrogens with zero attached hydrogens (tertiary/aromatic N) is 1. The van der Waals surface area contributed by atoms with Gasteiger partial charge < -0.3 is 10.1 Å². The standard InChI is InChI=1S/C21H21N3O2/c1-15(23-19-12-5-6-13-20(19)26-2)21(25)24-22-14-17-10-7-9-16-8-3-4-11-18(16)17/h3-15,23H,1-2H3,(H,24,25)/b22-14+. The van der Waals surface area contributed by atoms with Crippen LogP contribution < -0.4 is 15.5 Å². The van der Waals surface area contributed by atoms with E-state index in [9.17, 15) is 4.79 Å². The Morgan fingerprint density at radius 1 is 1.04 bits per heavy atom. The summed E-state index contributed by atoms with van der Waals surface area (Å²) in [5, 5.41) is 9.45. The van der Waals surface area contributed by atoms with Crippen LogP contribution in [0, 0.1) is 0 Å². The van der Waals surface area contributed by atoms with Gasteiger partial charge in [0.2, 0.25) is 0 Å². The van der Waals surface area contributed by atoms with Crippen molar-refractivity contribution in [1.82, 2.24) is 5.43 Å². The van der Waals surface area contributed by atoms with E-state index in [2.05, 4.69) is 15.8 Å². The van der Waals surface area contributed by atoms with E-state index in [-0.39, 0.29) is 5.91 Å². The van der Waals surface area contributed by atoms with Crippen molar-refractivity contribution in [2.45, 2.75) is 13.0 Å². The number of carbonyl (C=O) groups excluding carboxylic acids is 1. The van der Waals surface area contributed by atoms with Crippen LogP contribution in [0.1, 0.15) is 12.5 Å². The number of hydrazone groups is 1. The quantitative estimate of drug-likeness (QED) is 0.527. The molecule has 0 aliphatic rings. The third-order valence-electron chi connectivity index (χ3n) is 4.07. The van der Waals surface area contributed by atoms with Crippen LogP contribution in [0.25, 0.3) is 10.8 Å². The Hall–Kier alpha value is -3.34. The van der Waals surface area contributed by atoms with Gasteiger partial charge >= 0.3 is 0 Å². The minimum absolute atomic E-state index is 0.229. The summed E-state index contributed by atoms with van der Waals surface area (Å²) in [5.41, 5.74) is 4.29. The number of benzene rings is 3. The van der Waals surface area contributed by atoms with Gasteiger partial charge in [0, 0.05) is 5.56 Å². The number of nitrogens with one attached hydrogen (secondary N) is 2. The minimum Gasteiger partial charge on any atom is -0.495 e. The third kappa shape index (κ3) is 4.00. The van der Waals surface area contributed by atoms with Gasteiger partial charge in [-0.3, -0.25) is 4.79 Å². The number of carbonyl (C=O) groups is 1. The molecule has 0 aliphatic carbocycles. The van der Waals surface area contributed by atoms with Crippen molar-refractivity contribution in [3.8, 4) is 5.75 Å². The van der Waals surface area contributed by atoms with E-state index in [1.165, 1.54) is 0 Å². The van der Waals surface area contributed by atoms with Gasteiger partial charge in [-0.25, -0.2) is 5.43 Å². The first kappa shape index (κ1) is 17.5. The number of amides is 1. The van der Waals surface area contributed by atoms with Crippen molar-refractivity contribution in [1.29, 1.82) is 0 Å². The maximum atomic E-state index is 12.3. The van der Waals surface area contributed by atoms with Crippen LogP contribution in [-0.2, 0) is 4.79 Å². The number of hydrogen-bond acceptors (Lipinski definition) is 4. The monoisotopic (exact) mass is 347 g/mol. The zero-order chi connectivity index (χ0) is 18.4. The fraction of sp³-hybridized carbons (Fsp3) is 0.143. The average Bonchev–Trinajstić information content (AvgIpc) is 2.68. The lowest BCUT2D eigenvalue weighted by molar-refractivity contribution is -0.121. The lowest BCUT2D eigenvalue weighted by Crippen LogP contribution is -2.35. The van der Waals surface area contributed by atoms with Crippen molar-refractivity contribution in [2.75, 3.05) is 12.4 Å². The molecule has 0 radical (unpaired) electrons. The highest BCUT2D eigenvalue weighted by Gasteiger charge is 2.13. The smallest absolute Gasteiger partial charge is 0.262 e. The lowest BCUT2D eigenvalue weighted by Gasteiger charge is -2.15. The fourth-order valence-corrected chi connectivity index (χ4v) is 2.69. The van der Waals surface area contributed by atoms with Crippen LogP contribution in [0.15, 0.2) is 71.8 Å². The summed E-state index contributed by atoms with van der Waals surface area (Å²) < 4.78 is 5.28. The molecule has 26 heavy (non-hydrogen) atoms. The van der Waals surface area contributed by atoms with Gasteiger partial charge in [-0.2, -0.15) is 5.10 Å². The van der Waals surface area contributed by atoms with Crippen molar-refractivity contribution in [3.05, 3.63) is 72.3 Å². The number of anilines is 1. The molecular formula is C21H21N3O2. The molecule has 0 spiro atoms. The van der Waals surface area contributed by atoms with Gasteiger partial charge in [0.05, 0.1) is 19.0 Å². The van der Waals surface area contributed by atoms with Crippen molar-refractivity contribution in [3.63, 3.8) is 0 Å². The number of hydrogen-bond donors (Lipinski definition) is 2. The largest absolute Gasteiger partial charge is 0.495 e. The van der Waals surface area contributed by atoms with Crippen LogP contribution in [0.5, 0.6) is 5.75 Å². The molecular weight excluding hydrogens is 326 g/mol. The Labute approximate surface area is 152 Å². The van der Waals surface area contributed by atoms with E-state index in [4.69, 9.17) is 4.74 Å². The summed E-state index contributed by atoms with van der Waals surface area (Å²) in [6.07, 6.45) is 1.66. The van der Waals surface area contributed by atoms with Crippen LogP contribution in [0.2, 0.25) is 0 Å². The number of rotatable bonds is 6. The molecule has 5 nitrogen and oxygen atoms in total. The van der Waals surface area contributed by atoms with E-state index < -0.39 is 6.04 Å². The SMILES string of the molecule is COc1ccccc1NC(C)C(=O)N/N=C/c1cccc2ccccc12. The Morgan fingerprint density at radius 3 is 2.62 bits per heavy atom. The van der Waals surface area contributed by atoms with Crippen LogP contribution in [-0.4, -0.2) is 25.3 Å². The first-order valence-electron chi connectivity index (χ1n) is 8.39. The van der Waals surface area contributed by atoms with Crippen LogP contribution in [0.4, 0.5) is 5.69 Å². The van der Waals surface area contributed by atoms with Gasteiger partial charge in [-0.15, -0.1) is 0 Å². The molecule has 3 rings (SSSR count). The molecule has 5 heteroatoms. The van der Waals surface area contributed by atoms with Gasteiger partial charge in [-0.05, 0) is 29.8 Å². The highest BCUT2D eigenvalue weighted by molar-refractivity contribution is 6.00. The molecule has 0 aromatic heterocycles. The van der Waals surface area contributed by atoms with E-state index in [0.29, 0.717) is 5.75 Å². The normalized spacial score (nSPS) is 12.1. The zero-order valence-corrected chi connectivity index (χ0v) is 14.8. The molecule has 2 N–H and O–H groups in total. The second-order valence-corrected chi connectivity index (χ2v) is 5.87. The number of ether oxygens (including phenoxy) is 1. The van der Waals surface area contributed by atoms with Crippen molar-refractivity contribution >= 4 is 28.6 Å².